The normalized spacial score (nSPS) is 15.8. The van der Waals surface area contributed by atoms with E-state index in [1.807, 2.05) is 12.1 Å². The first-order valence-corrected chi connectivity index (χ1v) is 7.44. The summed E-state index contributed by atoms with van der Waals surface area (Å²) in [5.74, 6) is 0. The molecule has 2 amide bonds. The monoisotopic (exact) mass is 287 g/mol. The summed E-state index contributed by atoms with van der Waals surface area (Å²) in [4.78, 5) is 13.3. The fourth-order valence-electron chi connectivity index (χ4n) is 2.47. The fraction of sp³-hybridized carbons (Fsp3) is 0.267. The number of thiophene rings is 1. The maximum absolute atomic E-state index is 11.6. The first-order valence-electron chi connectivity index (χ1n) is 6.49. The van der Waals surface area contributed by atoms with Gasteiger partial charge in [0.2, 0.25) is 0 Å². The van der Waals surface area contributed by atoms with Crippen LogP contribution in [0.25, 0.3) is 0 Å². The summed E-state index contributed by atoms with van der Waals surface area (Å²) >= 11 is 1.67. The van der Waals surface area contributed by atoms with Gasteiger partial charge in [-0.3, -0.25) is 0 Å². The number of urea groups is 1. The van der Waals surface area contributed by atoms with Gasteiger partial charge in [-0.2, -0.15) is 11.3 Å². The summed E-state index contributed by atoms with van der Waals surface area (Å²) < 4.78 is 0. The molecule has 1 aliphatic rings. The Labute approximate surface area is 122 Å². The Balaban J connectivity index is 1.95. The van der Waals surface area contributed by atoms with Crippen LogP contribution in [0.15, 0.2) is 29.0 Å². The molecule has 20 heavy (non-hydrogen) atoms. The third-order valence-corrected chi connectivity index (χ3v) is 4.59. The van der Waals surface area contributed by atoms with Crippen molar-refractivity contribution in [2.24, 2.45) is 5.73 Å². The van der Waals surface area contributed by atoms with Gasteiger partial charge in [0.05, 0.1) is 6.04 Å². The molecule has 0 radical (unpaired) electrons. The highest BCUT2D eigenvalue weighted by atomic mass is 32.1. The summed E-state index contributed by atoms with van der Waals surface area (Å²) in [6, 6.07) is 5.84. The van der Waals surface area contributed by atoms with Gasteiger partial charge in [-0.15, -0.1) is 0 Å². The zero-order valence-electron chi connectivity index (χ0n) is 11.5. The Morgan fingerprint density at radius 2 is 2.20 bits per heavy atom. The van der Waals surface area contributed by atoms with Crippen LogP contribution in [0.5, 0.6) is 0 Å². The molecular weight excluding hydrogens is 270 g/mol. The number of hydrogen-bond acceptors (Lipinski definition) is 3. The molecule has 3 rings (SSSR count). The number of nitrogens with one attached hydrogen (secondary N) is 1. The summed E-state index contributed by atoms with van der Waals surface area (Å²) in [6.45, 7) is 2.70. The van der Waals surface area contributed by atoms with Crippen LogP contribution < -0.4 is 11.1 Å². The smallest absolute Gasteiger partial charge is 0.321 e. The number of anilines is 1. The highest BCUT2D eigenvalue weighted by Gasteiger charge is 2.21. The number of hydrogen-bond donors (Lipinski definition) is 2. The van der Waals surface area contributed by atoms with E-state index in [4.69, 9.17) is 5.73 Å². The molecule has 2 aromatic rings. The second kappa shape index (κ2) is 4.92. The van der Waals surface area contributed by atoms with E-state index in [1.54, 1.807) is 23.3 Å². The molecule has 0 saturated heterocycles. The number of carbonyl (C=O) groups is 1. The van der Waals surface area contributed by atoms with Crippen LogP contribution in [0.4, 0.5) is 10.5 Å². The predicted octanol–water partition coefficient (Wildman–Crippen LogP) is 3.08. The molecule has 1 atom stereocenters. The van der Waals surface area contributed by atoms with Gasteiger partial charge in [-0.05, 0) is 46.0 Å². The lowest BCUT2D eigenvalue weighted by atomic mass is 9.96. The van der Waals surface area contributed by atoms with E-state index in [0.717, 1.165) is 16.8 Å². The summed E-state index contributed by atoms with van der Waals surface area (Å²) in [5.41, 5.74) is 11.8. The third-order valence-electron chi connectivity index (χ3n) is 3.71. The molecular formula is C15H17N3OS. The molecule has 0 saturated carbocycles. The molecule has 1 aliphatic heterocycles. The molecule has 0 aliphatic carbocycles. The van der Waals surface area contributed by atoms with Gasteiger partial charge in [0.15, 0.2) is 0 Å². The predicted molar refractivity (Wildman–Crippen MR) is 82.0 cm³/mol. The van der Waals surface area contributed by atoms with Crippen LogP contribution in [-0.4, -0.2) is 18.0 Å². The quantitative estimate of drug-likeness (QED) is 0.891. The summed E-state index contributed by atoms with van der Waals surface area (Å²) in [5, 5.41) is 7.09. The van der Waals surface area contributed by atoms with Crippen molar-refractivity contribution in [2.45, 2.75) is 19.5 Å². The van der Waals surface area contributed by atoms with Crippen molar-refractivity contribution in [3.8, 4) is 0 Å². The van der Waals surface area contributed by atoms with Crippen molar-refractivity contribution < 1.29 is 4.79 Å². The van der Waals surface area contributed by atoms with Crippen LogP contribution in [0.3, 0.4) is 0 Å². The number of aryl methyl sites for hydroxylation is 1. The van der Waals surface area contributed by atoms with Crippen LogP contribution in [0.2, 0.25) is 0 Å². The number of amides is 2. The van der Waals surface area contributed by atoms with Crippen molar-refractivity contribution in [3.05, 3.63) is 51.2 Å². The molecule has 2 heterocycles. The number of benzene rings is 1. The largest absolute Gasteiger partial charge is 0.323 e. The van der Waals surface area contributed by atoms with Crippen LogP contribution in [0, 0.1) is 6.92 Å². The topological polar surface area (TPSA) is 58.4 Å². The molecule has 1 aromatic carbocycles. The van der Waals surface area contributed by atoms with Gasteiger partial charge < -0.3 is 16.0 Å². The maximum atomic E-state index is 11.6. The van der Waals surface area contributed by atoms with Gasteiger partial charge in [-0.25, -0.2) is 4.79 Å². The Bertz CT molecular complexity index is 665. The van der Waals surface area contributed by atoms with Crippen molar-refractivity contribution in [2.75, 3.05) is 12.4 Å². The third kappa shape index (κ3) is 2.19. The first kappa shape index (κ1) is 13.1. The van der Waals surface area contributed by atoms with Crippen molar-refractivity contribution in [1.29, 1.82) is 0 Å². The van der Waals surface area contributed by atoms with Gasteiger partial charge in [-0.1, -0.05) is 12.1 Å². The minimum atomic E-state index is -0.116. The Morgan fingerprint density at radius 1 is 1.40 bits per heavy atom. The second-order valence-corrected chi connectivity index (χ2v) is 5.93. The lowest BCUT2D eigenvalue weighted by Crippen LogP contribution is -2.35. The first-order chi connectivity index (χ1) is 9.56. The molecule has 5 heteroatoms. The molecule has 3 N–H and O–H groups in total. The molecule has 0 spiro atoms. The van der Waals surface area contributed by atoms with E-state index in [1.165, 1.54) is 11.1 Å². The highest BCUT2D eigenvalue weighted by molar-refractivity contribution is 7.08. The minimum Gasteiger partial charge on any atom is -0.323 e. The van der Waals surface area contributed by atoms with Crippen LogP contribution >= 0.6 is 11.3 Å². The van der Waals surface area contributed by atoms with E-state index in [9.17, 15) is 4.79 Å². The van der Waals surface area contributed by atoms with E-state index in [0.29, 0.717) is 6.54 Å². The molecule has 4 nitrogen and oxygen atoms in total. The van der Waals surface area contributed by atoms with Crippen molar-refractivity contribution >= 4 is 23.1 Å². The zero-order valence-corrected chi connectivity index (χ0v) is 12.3. The Kier molecular flexibility index (Phi) is 3.23. The summed E-state index contributed by atoms with van der Waals surface area (Å²) in [7, 11) is 1.79. The van der Waals surface area contributed by atoms with Gasteiger partial charge >= 0.3 is 6.03 Å². The molecule has 1 unspecified atom stereocenters. The van der Waals surface area contributed by atoms with E-state index in [2.05, 4.69) is 29.1 Å². The minimum absolute atomic E-state index is 0.0665. The number of carbonyl (C=O) groups excluding carboxylic acids is 1. The van der Waals surface area contributed by atoms with E-state index < -0.39 is 0 Å². The summed E-state index contributed by atoms with van der Waals surface area (Å²) in [6.07, 6.45) is 0. The Morgan fingerprint density at radius 3 is 2.90 bits per heavy atom. The fourth-order valence-corrected chi connectivity index (χ4v) is 3.35. The number of rotatable bonds is 2. The number of nitrogens with two attached hydrogens (primary N) is 1. The molecule has 104 valence electrons. The SMILES string of the molecule is Cc1cscc1C(N)c1ccc2c(c1)CN(C)C(=O)N2. The zero-order chi connectivity index (χ0) is 14.3. The standard InChI is InChI=1S/C15H17N3OS/c1-9-7-20-8-12(9)14(16)10-3-4-13-11(5-10)6-18(2)15(19)17-13/h3-5,7-8,14H,6,16H2,1-2H3,(H,17,19). The van der Waals surface area contributed by atoms with Crippen LogP contribution in [0.1, 0.15) is 28.3 Å². The average Bonchev–Trinajstić information content (AvgIpc) is 2.85. The highest BCUT2D eigenvalue weighted by Crippen LogP contribution is 2.30. The molecule has 0 fully saturated rings. The van der Waals surface area contributed by atoms with Crippen molar-refractivity contribution in [3.63, 3.8) is 0 Å². The Hall–Kier alpha value is -1.85. The number of fused-ring (bicyclic) bond motifs is 1. The maximum Gasteiger partial charge on any atom is 0.321 e. The lowest BCUT2D eigenvalue weighted by Gasteiger charge is -2.27. The second-order valence-electron chi connectivity index (χ2n) is 5.19. The number of nitrogens with zero attached hydrogens (tertiary/aromatic N) is 1. The lowest BCUT2D eigenvalue weighted by molar-refractivity contribution is 0.218. The van der Waals surface area contributed by atoms with E-state index in [-0.39, 0.29) is 12.1 Å². The van der Waals surface area contributed by atoms with E-state index >= 15 is 0 Å². The molecule has 0 bridgehead atoms. The van der Waals surface area contributed by atoms with Gasteiger partial charge in [0.25, 0.3) is 0 Å². The van der Waals surface area contributed by atoms with Gasteiger partial charge in [0.1, 0.15) is 0 Å². The average molecular weight is 287 g/mol. The van der Waals surface area contributed by atoms with Crippen LogP contribution in [-0.2, 0) is 6.54 Å². The van der Waals surface area contributed by atoms with Gasteiger partial charge in [0, 0.05) is 19.3 Å². The molecule has 1 aromatic heterocycles. The van der Waals surface area contributed by atoms with Crippen molar-refractivity contribution in [1.82, 2.24) is 4.90 Å².